The number of likely N-dealkylation sites (N-methyl/N-ethyl adjacent to an activating group) is 1. The molecule has 1 fully saturated rings. The molecule has 0 radical (unpaired) electrons. The van der Waals surface area contributed by atoms with Crippen molar-refractivity contribution in [3.8, 4) is 5.75 Å². The van der Waals surface area contributed by atoms with Gasteiger partial charge in [0, 0.05) is 32.2 Å². The molecule has 1 atom stereocenters. The molecule has 0 aromatic heterocycles. The third kappa shape index (κ3) is 7.70. The zero-order valence-corrected chi connectivity index (χ0v) is 17.3. The van der Waals surface area contributed by atoms with E-state index in [-0.39, 0.29) is 24.0 Å². The van der Waals surface area contributed by atoms with Gasteiger partial charge in [0.25, 0.3) is 0 Å². The van der Waals surface area contributed by atoms with Gasteiger partial charge in [0.05, 0.1) is 6.61 Å². The molecule has 0 saturated heterocycles. The first-order chi connectivity index (χ1) is 11.2. The third-order valence-corrected chi connectivity index (χ3v) is 4.23. The number of aliphatic imine (C=N–C) groups is 1. The van der Waals surface area contributed by atoms with Gasteiger partial charge in [-0.25, -0.2) is 0 Å². The number of hydrogen-bond acceptors (Lipinski definition) is 3. The van der Waals surface area contributed by atoms with Crippen LogP contribution in [0.5, 0.6) is 5.75 Å². The average molecular weight is 446 g/mol. The number of benzene rings is 1. The average Bonchev–Trinajstić information content (AvgIpc) is 3.42. The van der Waals surface area contributed by atoms with Crippen LogP contribution in [0.25, 0.3) is 0 Å². The Morgan fingerprint density at radius 1 is 1.29 bits per heavy atom. The highest BCUT2D eigenvalue weighted by Gasteiger charge is 2.28. The number of hydrogen-bond donors (Lipinski definition) is 2. The Bertz CT molecular complexity index is 479. The van der Waals surface area contributed by atoms with Gasteiger partial charge in [-0.3, -0.25) is 9.89 Å². The van der Waals surface area contributed by atoms with Crippen LogP contribution in [0.15, 0.2) is 35.3 Å². The Kier molecular flexibility index (Phi) is 10.1. The lowest BCUT2D eigenvalue weighted by molar-refractivity contribution is 0.247. The summed E-state index contributed by atoms with van der Waals surface area (Å²) in [6.45, 7) is 4.72. The molecule has 0 spiro atoms. The van der Waals surface area contributed by atoms with Crippen LogP contribution in [-0.2, 0) is 0 Å². The molecule has 0 bridgehead atoms. The molecule has 1 aromatic rings. The Balaban J connectivity index is 0.00000288. The zero-order valence-electron chi connectivity index (χ0n) is 15.0. The third-order valence-electron chi connectivity index (χ3n) is 4.23. The maximum atomic E-state index is 5.68. The first kappa shape index (κ1) is 21.0. The fourth-order valence-electron chi connectivity index (χ4n) is 2.44. The molecule has 1 saturated carbocycles. The molecular formula is C18H31IN4O. The van der Waals surface area contributed by atoms with Crippen molar-refractivity contribution in [3.05, 3.63) is 30.3 Å². The van der Waals surface area contributed by atoms with E-state index in [4.69, 9.17) is 4.74 Å². The Morgan fingerprint density at radius 2 is 2.00 bits per heavy atom. The second kappa shape index (κ2) is 11.5. The van der Waals surface area contributed by atoms with Crippen LogP contribution in [0.3, 0.4) is 0 Å². The summed E-state index contributed by atoms with van der Waals surface area (Å²) in [5.41, 5.74) is 0. The van der Waals surface area contributed by atoms with Crippen molar-refractivity contribution in [1.29, 1.82) is 0 Å². The number of guanidine groups is 1. The van der Waals surface area contributed by atoms with E-state index in [1.54, 1.807) is 0 Å². The fourth-order valence-corrected chi connectivity index (χ4v) is 2.44. The van der Waals surface area contributed by atoms with E-state index in [1.165, 1.54) is 12.8 Å². The zero-order chi connectivity index (χ0) is 16.5. The van der Waals surface area contributed by atoms with Gasteiger partial charge in [-0.1, -0.05) is 18.2 Å². The summed E-state index contributed by atoms with van der Waals surface area (Å²) in [6.07, 6.45) is 3.62. The van der Waals surface area contributed by atoms with Crippen molar-refractivity contribution in [3.63, 3.8) is 0 Å². The second-order valence-electron chi connectivity index (χ2n) is 6.14. The molecule has 1 aromatic carbocycles. The summed E-state index contributed by atoms with van der Waals surface area (Å²) in [5.74, 6) is 1.78. The predicted molar refractivity (Wildman–Crippen MR) is 112 cm³/mol. The number of nitrogens with zero attached hydrogens (tertiary/aromatic N) is 2. The van der Waals surface area contributed by atoms with Crippen LogP contribution < -0.4 is 15.4 Å². The van der Waals surface area contributed by atoms with Crippen molar-refractivity contribution in [1.82, 2.24) is 15.5 Å². The van der Waals surface area contributed by atoms with Gasteiger partial charge in [0.1, 0.15) is 5.75 Å². The lowest BCUT2D eigenvalue weighted by Gasteiger charge is -2.25. The maximum absolute atomic E-state index is 5.68. The normalized spacial score (nSPS) is 15.6. The molecule has 6 heteroatoms. The minimum Gasteiger partial charge on any atom is -0.494 e. The van der Waals surface area contributed by atoms with E-state index in [0.717, 1.165) is 37.3 Å². The molecule has 5 nitrogen and oxygen atoms in total. The predicted octanol–water partition coefficient (Wildman–Crippen LogP) is 2.72. The van der Waals surface area contributed by atoms with Crippen LogP contribution in [0.1, 0.15) is 26.2 Å². The molecule has 2 rings (SSSR count). The molecule has 1 aliphatic carbocycles. The highest BCUT2D eigenvalue weighted by Crippen LogP contribution is 2.26. The fraction of sp³-hybridized carbons (Fsp3) is 0.611. The smallest absolute Gasteiger partial charge is 0.191 e. The molecule has 136 valence electrons. The number of ether oxygens (including phenoxy) is 1. The van der Waals surface area contributed by atoms with E-state index < -0.39 is 0 Å². The first-order valence-electron chi connectivity index (χ1n) is 8.55. The summed E-state index contributed by atoms with van der Waals surface area (Å²) in [5, 5.41) is 6.73. The van der Waals surface area contributed by atoms with Crippen LogP contribution in [0.2, 0.25) is 0 Å². The first-order valence-corrected chi connectivity index (χ1v) is 8.55. The molecule has 2 N–H and O–H groups in total. The minimum atomic E-state index is 0. The molecule has 1 aliphatic rings. The Hall–Kier alpha value is -1.02. The number of nitrogens with one attached hydrogen (secondary N) is 2. The molecule has 0 heterocycles. The second-order valence-corrected chi connectivity index (χ2v) is 6.14. The van der Waals surface area contributed by atoms with Crippen molar-refractivity contribution in [2.45, 2.75) is 38.3 Å². The van der Waals surface area contributed by atoms with Gasteiger partial charge >= 0.3 is 0 Å². The van der Waals surface area contributed by atoms with E-state index >= 15 is 0 Å². The largest absolute Gasteiger partial charge is 0.494 e. The standard InChI is InChI=1S/C18H30N4O.HI/c1-15(22(3)16-10-11-16)14-21-18(19-2)20-12-7-13-23-17-8-5-4-6-9-17;/h4-6,8-9,15-16H,7,10-14H2,1-3H3,(H2,19,20,21);1H. The van der Waals surface area contributed by atoms with Crippen LogP contribution in [0, 0.1) is 0 Å². The molecule has 0 aliphatic heterocycles. The molecule has 24 heavy (non-hydrogen) atoms. The molecule has 1 unspecified atom stereocenters. The summed E-state index contributed by atoms with van der Waals surface area (Å²) in [4.78, 5) is 6.72. The van der Waals surface area contributed by atoms with Gasteiger partial charge in [-0.2, -0.15) is 0 Å². The van der Waals surface area contributed by atoms with Gasteiger partial charge in [0.15, 0.2) is 5.96 Å². The van der Waals surface area contributed by atoms with E-state index in [9.17, 15) is 0 Å². The van der Waals surface area contributed by atoms with Crippen molar-refractivity contribution >= 4 is 29.9 Å². The number of rotatable bonds is 9. The summed E-state index contributed by atoms with van der Waals surface area (Å²) >= 11 is 0. The Labute approximate surface area is 163 Å². The topological polar surface area (TPSA) is 48.9 Å². The summed E-state index contributed by atoms with van der Waals surface area (Å²) in [6, 6.07) is 11.2. The highest BCUT2D eigenvalue weighted by atomic mass is 127. The lowest BCUT2D eigenvalue weighted by atomic mass is 10.3. The van der Waals surface area contributed by atoms with Crippen LogP contribution in [-0.4, -0.2) is 56.7 Å². The SMILES string of the molecule is CN=C(NCCCOc1ccccc1)NCC(C)N(C)C1CC1.I. The Morgan fingerprint density at radius 3 is 2.62 bits per heavy atom. The van der Waals surface area contributed by atoms with Gasteiger partial charge in [0.2, 0.25) is 0 Å². The highest BCUT2D eigenvalue weighted by molar-refractivity contribution is 14.0. The molecular weight excluding hydrogens is 415 g/mol. The van der Waals surface area contributed by atoms with E-state index in [0.29, 0.717) is 12.6 Å². The van der Waals surface area contributed by atoms with Gasteiger partial charge in [-0.15, -0.1) is 24.0 Å². The quantitative estimate of drug-likeness (QED) is 0.265. The van der Waals surface area contributed by atoms with Gasteiger partial charge < -0.3 is 15.4 Å². The monoisotopic (exact) mass is 446 g/mol. The lowest BCUT2D eigenvalue weighted by Crippen LogP contribution is -2.45. The van der Waals surface area contributed by atoms with Crippen LogP contribution >= 0.6 is 24.0 Å². The van der Waals surface area contributed by atoms with E-state index in [1.807, 2.05) is 37.4 Å². The van der Waals surface area contributed by atoms with E-state index in [2.05, 4.69) is 34.5 Å². The maximum Gasteiger partial charge on any atom is 0.191 e. The minimum absolute atomic E-state index is 0. The number of para-hydroxylation sites is 1. The number of halogens is 1. The summed E-state index contributed by atoms with van der Waals surface area (Å²) in [7, 11) is 4.02. The van der Waals surface area contributed by atoms with Gasteiger partial charge in [-0.05, 0) is 45.4 Å². The van der Waals surface area contributed by atoms with Crippen molar-refractivity contribution in [2.24, 2.45) is 4.99 Å². The van der Waals surface area contributed by atoms with Crippen molar-refractivity contribution in [2.75, 3.05) is 33.8 Å². The van der Waals surface area contributed by atoms with Crippen molar-refractivity contribution < 1.29 is 4.74 Å². The van der Waals surface area contributed by atoms with Crippen LogP contribution in [0.4, 0.5) is 0 Å². The summed E-state index contributed by atoms with van der Waals surface area (Å²) < 4.78 is 5.68. The molecule has 0 amide bonds.